The van der Waals surface area contributed by atoms with Gasteiger partial charge in [0.25, 0.3) is 0 Å². The second-order valence-corrected chi connectivity index (χ2v) is 6.75. The van der Waals surface area contributed by atoms with Crippen LogP contribution in [0.3, 0.4) is 0 Å². The van der Waals surface area contributed by atoms with Gasteiger partial charge in [-0.3, -0.25) is 10.1 Å². The molecule has 1 aromatic rings. The van der Waals surface area contributed by atoms with E-state index in [4.69, 9.17) is 5.26 Å². The van der Waals surface area contributed by atoms with E-state index >= 15 is 0 Å². The van der Waals surface area contributed by atoms with Gasteiger partial charge in [0.05, 0.1) is 15.9 Å². The summed E-state index contributed by atoms with van der Waals surface area (Å²) >= 11 is 0. The summed E-state index contributed by atoms with van der Waals surface area (Å²) in [6.45, 7) is 1.46. The largest absolute Gasteiger partial charge is 0.306 e. The molecule has 9 heteroatoms. The Bertz CT molecular complexity index is 739. The minimum atomic E-state index is -4.15. The Morgan fingerprint density at radius 2 is 2.14 bits per heavy atom. The summed E-state index contributed by atoms with van der Waals surface area (Å²) < 4.78 is 39.9. The van der Waals surface area contributed by atoms with E-state index in [9.17, 15) is 22.9 Å². The van der Waals surface area contributed by atoms with Crippen molar-refractivity contribution in [2.75, 3.05) is 0 Å². The molecule has 2 rings (SSSR count). The van der Waals surface area contributed by atoms with Crippen LogP contribution in [0.5, 0.6) is 0 Å². The molecule has 0 aliphatic heterocycles. The third-order valence-electron chi connectivity index (χ3n) is 3.40. The number of benzene rings is 1. The molecular formula is C12H12FN3O4S. The lowest BCUT2D eigenvalue weighted by Crippen LogP contribution is -2.46. The van der Waals surface area contributed by atoms with Crippen LogP contribution in [-0.4, -0.2) is 18.9 Å². The minimum Gasteiger partial charge on any atom is -0.258 e. The van der Waals surface area contributed by atoms with Gasteiger partial charge in [-0.05, 0) is 37.8 Å². The third-order valence-corrected chi connectivity index (χ3v) is 4.96. The lowest BCUT2D eigenvalue weighted by molar-refractivity contribution is -0.387. The average Bonchev–Trinajstić information content (AvgIpc) is 3.22. The van der Waals surface area contributed by atoms with Gasteiger partial charge in [-0.25, -0.2) is 8.42 Å². The topological polar surface area (TPSA) is 113 Å². The summed E-state index contributed by atoms with van der Waals surface area (Å²) in [7, 11) is -4.15. The average molecular weight is 313 g/mol. The fourth-order valence-electron chi connectivity index (χ4n) is 2.00. The van der Waals surface area contributed by atoms with Crippen LogP contribution in [0.25, 0.3) is 0 Å². The zero-order chi connectivity index (χ0) is 15.8. The van der Waals surface area contributed by atoms with Gasteiger partial charge in [0, 0.05) is 6.07 Å². The zero-order valence-corrected chi connectivity index (χ0v) is 11.9. The van der Waals surface area contributed by atoms with Crippen LogP contribution in [0, 0.1) is 33.2 Å². The van der Waals surface area contributed by atoms with Gasteiger partial charge in [0.15, 0.2) is 0 Å². The van der Waals surface area contributed by atoms with Crippen LogP contribution >= 0.6 is 0 Å². The molecule has 112 valence electrons. The number of nitriles is 1. The number of halogens is 1. The molecule has 0 saturated heterocycles. The predicted molar refractivity (Wildman–Crippen MR) is 70.1 cm³/mol. The van der Waals surface area contributed by atoms with E-state index in [2.05, 4.69) is 4.72 Å². The van der Waals surface area contributed by atoms with E-state index in [0.29, 0.717) is 12.1 Å². The SMILES string of the molecule is C[C@@](C#N)(NS(=O)(=O)c1ccc(F)c([N+](=O)[O-])c1)C1CC1. The van der Waals surface area contributed by atoms with Gasteiger partial charge in [0.1, 0.15) is 5.54 Å². The smallest absolute Gasteiger partial charge is 0.258 e. The molecule has 0 aromatic heterocycles. The summed E-state index contributed by atoms with van der Waals surface area (Å²) in [6.07, 6.45) is 1.46. The summed E-state index contributed by atoms with van der Waals surface area (Å²) in [4.78, 5) is 9.21. The van der Waals surface area contributed by atoms with Crippen molar-refractivity contribution in [2.24, 2.45) is 5.92 Å². The first kappa shape index (κ1) is 15.3. The van der Waals surface area contributed by atoms with E-state index in [1.165, 1.54) is 6.92 Å². The van der Waals surface area contributed by atoms with Crippen LogP contribution in [0.2, 0.25) is 0 Å². The monoisotopic (exact) mass is 313 g/mol. The van der Waals surface area contributed by atoms with Gasteiger partial charge in [-0.1, -0.05) is 0 Å². The molecule has 1 fully saturated rings. The van der Waals surface area contributed by atoms with Crippen LogP contribution in [0.4, 0.5) is 10.1 Å². The van der Waals surface area contributed by atoms with E-state index < -0.39 is 36.9 Å². The van der Waals surface area contributed by atoms with Crippen LogP contribution in [0.15, 0.2) is 23.1 Å². The number of hydrogen-bond donors (Lipinski definition) is 1. The first-order chi connectivity index (χ1) is 9.69. The van der Waals surface area contributed by atoms with Crippen LogP contribution in [-0.2, 0) is 10.0 Å². The van der Waals surface area contributed by atoms with Gasteiger partial charge in [0.2, 0.25) is 15.8 Å². The maximum Gasteiger partial charge on any atom is 0.306 e. The van der Waals surface area contributed by atoms with Gasteiger partial charge < -0.3 is 0 Å². The number of nitro groups is 1. The molecule has 7 nitrogen and oxygen atoms in total. The molecule has 0 heterocycles. The molecule has 1 N–H and O–H groups in total. The normalized spacial score (nSPS) is 17.8. The lowest BCUT2D eigenvalue weighted by atomic mass is 10.0. The molecule has 1 aliphatic rings. The molecule has 0 amide bonds. The fraction of sp³-hybridized carbons (Fsp3) is 0.417. The maximum atomic E-state index is 13.2. The highest BCUT2D eigenvalue weighted by Gasteiger charge is 2.45. The molecular weight excluding hydrogens is 301 g/mol. The molecule has 1 saturated carbocycles. The van der Waals surface area contributed by atoms with Crippen molar-refractivity contribution < 1.29 is 17.7 Å². The van der Waals surface area contributed by atoms with Crippen molar-refractivity contribution in [2.45, 2.75) is 30.2 Å². The van der Waals surface area contributed by atoms with Crippen LogP contribution < -0.4 is 4.72 Å². The Hall–Kier alpha value is -2.05. The van der Waals surface area contributed by atoms with Crippen molar-refractivity contribution in [3.63, 3.8) is 0 Å². The van der Waals surface area contributed by atoms with Gasteiger partial charge in [-0.2, -0.15) is 14.4 Å². The highest BCUT2D eigenvalue weighted by molar-refractivity contribution is 7.89. The number of nitrogens with one attached hydrogen (secondary N) is 1. The van der Waals surface area contributed by atoms with Gasteiger partial charge >= 0.3 is 5.69 Å². The summed E-state index contributed by atoms with van der Waals surface area (Å²) in [6, 6.07) is 4.20. The number of nitrogens with zero attached hydrogens (tertiary/aromatic N) is 2. The predicted octanol–water partition coefficient (Wildman–Crippen LogP) is 1.70. The number of hydrogen-bond acceptors (Lipinski definition) is 5. The molecule has 1 atom stereocenters. The number of sulfonamides is 1. The van der Waals surface area contributed by atoms with Crippen LogP contribution in [0.1, 0.15) is 19.8 Å². The summed E-state index contributed by atoms with van der Waals surface area (Å²) in [5.74, 6) is -1.21. The Labute approximate surface area is 120 Å². The van der Waals surface area contributed by atoms with Crippen molar-refractivity contribution in [1.29, 1.82) is 5.26 Å². The highest BCUT2D eigenvalue weighted by atomic mass is 32.2. The Kier molecular flexibility index (Phi) is 3.69. The summed E-state index contributed by atoms with van der Waals surface area (Å²) in [5, 5.41) is 19.8. The lowest BCUT2D eigenvalue weighted by Gasteiger charge is -2.22. The second-order valence-electron chi connectivity index (χ2n) is 5.06. The highest BCUT2D eigenvalue weighted by Crippen LogP contribution is 2.40. The Morgan fingerprint density at radius 3 is 2.62 bits per heavy atom. The Balaban J connectivity index is 2.38. The Morgan fingerprint density at radius 1 is 1.52 bits per heavy atom. The fourth-order valence-corrected chi connectivity index (χ4v) is 3.40. The van der Waals surface area contributed by atoms with Gasteiger partial charge in [-0.15, -0.1) is 0 Å². The maximum absolute atomic E-state index is 13.2. The first-order valence-electron chi connectivity index (χ1n) is 6.09. The van der Waals surface area contributed by atoms with Crippen molar-refractivity contribution in [3.05, 3.63) is 34.1 Å². The summed E-state index contributed by atoms with van der Waals surface area (Å²) in [5.41, 5.74) is -2.20. The quantitative estimate of drug-likeness (QED) is 0.656. The molecule has 1 aromatic carbocycles. The van der Waals surface area contributed by atoms with Crippen molar-refractivity contribution >= 4 is 15.7 Å². The van der Waals surface area contributed by atoms with E-state index in [-0.39, 0.29) is 5.92 Å². The molecule has 21 heavy (non-hydrogen) atoms. The second kappa shape index (κ2) is 5.05. The molecule has 0 spiro atoms. The third kappa shape index (κ3) is 3.01. The zero-order valence-electron chi connectivity index (χ0n) is 11.0. The minimum absolute atomic E-state index is 0.0901. The number of rotatable bonds is 5. The number of nitro benzene ring substituents is 1. The molecule has 0 radical (unpaired) electrons. The van der Waals surface area contributed by atoms with Crippen molar-refractivity contribution in [1.82, 2.24) is 4.72 Å². The molecule has 1 aliphatic carbocycles. The standard InChI is InChI=1S/C12H12FN3O4S/c1-12(7-14,8-2-3-8)15-21(19,20)9-4-5-10(13)11(6-9)16(17)18/h4-6,8,15H,2-3H2,1H3/t12-/m0/s1. The van der Waals surface area contributed by atoms with E-state index in [1.54, 1.807) is 0 Å². The molecule has 0 unspecified atom stereocenters. The van der Waals surface area contributed by atoms with E-state index in [0.717, 1.165) is 18.9 Å². The van der Waals surface area contributed by atoms with Crippen molar-refractivity contribution in [3.8, 4) is 6.07 Å². The molecule has 0 bridgehead atoms. The first-order valence-corrected chi connectivity index (χ1v) is 7.57. The van der Waals surface area contributed by atoms with E-state index in [1.807, 2.05) is 6.07 Å².